The van der Waals surface area contributed by atoms with Gasteiger partial charge in [-0.3, -0.25) is 4.90 Å². The molecule has 4 aromatic rings. The Morgan fingerprint density at radius 2 is 1.94 bits per heavy atom. The number of nitrogens with zero attached hydrogens (tertiary/aromatic N) is 4. The average Bonchev–Trinajstić information content (AvgIpc) is 3.40. The molecule has 2 aromatic heterocycles. The number of alkyl halides is 3. The van der Waals surface area contributed by atoms with Crippen LogP contribution in [0.25, 0.3) is 11.1 Å². The fourth-order valence-electron chi connectivity index (χ4n) is 4.12. The fourth-order valence-corrected chi connectivity index (χ4v) is 4.12. The van der Waals surface area contributed by atoms with E-state index in [1.165, 1.54) is 6.07 Å². The van der Waals surface area contributed by atoms with Crippen LogP contribution in [0.1, 0.15) is 47.5 Å². The van der Waals surface area contributed by atoms with Gasteiger partial charge in [0.05, 0.1) is 12.1 Å². The second-order valence-corrected chi connectivity index (χ2v) is 8.07. The van der Waals surface area contributed by atoms with Crippen molar-refractivity contribution in [1.82, 2.24) is 20.0 Å². The fraction of sp³-hybridized carbons (Fsp3) is 0.348. The van der Waals surface area contributed by atoms with Gasteiger partial charge in [-0.15, -0.1) is 0 Å². The van der Waals surface area contributed by atoms with Crippen molar-refractivity contribution in [2.24, 2.45) is 0 Å². The van der Waals surface area contributed by atoms with Crippen molar-refractivity contribution >= 4 is 11.1 Å². The third-order valence-corrected chi connectivity index (χ3v) is 5.65. The van der Waals surface area contributed by atoms with Gasteiger partial charge in [0.2, 0.25) is 5.89 Å². The lowest BCUT2D eigenvalue weighted by Gasteiger charge is -2.29. The maximum absolute atomic E-state index is 12.9. The van der Waals surface area contributed by atoms with Gasteiger partial charge in [-0.25, -0.2) is 4.98 Å². The molecule has 1 fully saturated rings. The van der Waals surface area contributed by atoms with E-state index in [1.807, 2.05) is 24.3 Å². The van der Waals surface area contributed by atoms with E-state index in [4.69, 9.17) is 8.94 Å². The summed E-state index contributed by atoms with van der Waals surface area (Å²) < 4.78 is 50.1. The van der Waals surface area contributed by atoms with Crippen LogP contribution in [0.5, 0.6) is 0 Å². The minimum Gasteiger partial charge on any atom is -0.440 e. The van der Waals surface area contributed by atoms with Gasteiger partial charge < -0.3 is 8.94 Å². The molecular formula is C23H21F3N4O2. The zero-order chi connectivity index (χ0) is 22.1. The number of rotatable bonds is 5. The average molecular weight is 442 g/mol. The summed E-state index contributed by atoms with van der Waals surface area (Å²) in [5.41, 5.74) is 1.45. The van der Waals surface area contributed by atoms with E-state index >= 15 is 0 Å². The number of oxazole rings is 1. The highest BCUT2D eigenvalue weighted by Crippen LogP contribution is 2.31. The predicted molar refractivity (Wildman–Crippen MR) is 110 cm³/mol. The van der Waals surface area contributed by atoms with E-state index in [9.17, 15) is 13.2 Å². The second kappa shape index (κ2) is 8.38. The van der Waals surface area contributed by atoms with Crippen molar-refractivity contribution in [3.8, 4) is 0 Å². The van der Waals surface area contributed by atoms with E-state index in [0.29, 0.717) is 23.8 Å². The normalized spacial score (nSPS) is 17.8. The third-order valence-electron chi connectivity index (χ3n) is 5.65. The first-order valence-electron chi connectivity index (χ1n) is 10.5. The Morgan fingerprint density at radius 1 is 1.06 bits per heavy atom. The molecule has 1 unspecified atom stereocenters. The van der Waals surface area contributed by atoms with Crippen molar-refractivity contribution in [3.63, 3.8) is 0 Å². The Morgan fingerprint density at radius 3 is 2.78 bits per heavy atom. The highest BCUT2D eigenvalue weighted by Gasteiger charge is 2.30. The summed E-state index contributed by atoms with van der Waals surface area (Å²) >= 11 is 0. The van der Waals surface area contributed by atoms with Gasteiger partial charge in [-0.1, -0.05) is 35.5 Å². The molecule has 1 atom stereocenters. The zero-order valence-corrected chi connectivity index (χ0v) is 17.2. The number of para-hydroxylation sites is 2. The van der Waals surface area contributed by atoms with Crippen LogP contribution >= 0.6 is 0 Å². The first-order chi connectivity index (χ1) is 15.4. The second-order valence-electron chi connectivity index (χ2n) is 8.07. The molecule has 0 bridgehead atoms. The first-order valence-corrected chi connectivity index (χ1v) is 10.5. The molecule has 32 heavy (non-hydrogen) atoms. The highest BCUT2D eigenvalue weighted by molar-refractivity contribution is 5.72. The number of benzene rings is 2. The van der Waals surface area contributed by atoms with Crippen LogP contribution in [0.3, 0.4) is 0 Å². The van der Waals surface area contributed by atoms with E-state index in [1.54, 1.807) is 6.07 Å². The largest absolute Gasteiger partial charge is 0.440 e. The van der Waals surface area contributed by atoms with E-state index in [2.05, 4.69) is 20.0 Å². The van der Waals surface area contributed by atoms with E-state index in [0.717, 1.165) is 55.1 Å². The molecule has 9 heteroatoms. The monoisotopic (exact) mass is 442 g/mol. The Kier molecular flexibility index (Phi) is 5.42. The number of fused-ring (bicyclic) bond motifs is 1. The minimum absolute atomic E-state index is 0.180. The molecule has 0 amide bonds. The Labute approximate surface area is 182 Å². The molecule has 1 aliphatic rings. The topological polar surface area (TPSA) is 68.2 Å². The van der Waals surface area contributed by atoms with E-state index < -0.39 is 11.7 Å². The number of likely N-dealkylation sites (tertiary alicyclic amines) is 1. The molecule has 3 heterocycles. The maximum Gasteiger partial charge on any atom is 0.416 e. The Balaban J connectivity index is 1.23. The van der Waals surface area contributed by atoms with Crippen LogP contribution in [0.2, 0.25) is 0 Å². The molecule has 6 nitrogen and oxygen atoms in total. The molecule has 0 radical (unpaired) electrons. The lowest BCUT2D eigenvalue weighted by Crippen LogP contribution is -2.34. The van der Waals surface area contributed by atoms with Gasteiger partial charge >= 0.3 is 6.18 Å². The first kappa shape index (κ1) is 20.7. The molecule has 0 aliphatic carbocycles. The van der Waals surface area contributed by atoms with Crippen molar-refractivity contribution in [2.45, 2.75) is 37.9 Å². The molecule has 166 valence electrons. The van der Waals surface area contributed by atoms with Crippen LogP contribution in [0, 0.1) is 0 Å². The molecular weight excluding hydrogens is 421 g/mol. The van der Waals surface area contributed by atoms with Gasteiger partial charge in [0.1, 0.15) is 5.52 Å². The number of hydrogen-bond donors (Lipinski definition) is 0. The third kappa shape index (κ3) is 4.52. The van der Waals surface area contributed by atoms with Crippen LogP contribution in [-0.2, 0) is 19.1 Å². The van der Waals surface area contributed by atoms with Gasteiger partial charge in [-0.2, -0.15) is 18.2 Å². The summed E-state index contributed by atoms with van der Waals surface area (Å²) in [6.07, 6.45) is -2.21. The highest BCUT2D eigenvalue weighted by atomic mass is 19.4. The van der Waals surface area contributed by atoms with Crippen LogP contribution < -0.4 is 0 Å². The number of piperidine rings is 1. The Hall–Kier alpha value is -3.20. The predicted octanol–water partition coefficient (Wildman–Crippen LogP) is 5.20. The van der Waals surface area contributed by atoms with Crippen molar-refractivity contribution in [1.29, 1.82) is 0 Å². The molecule has 1 saturated heterocycles. The van der Waals surface area contributed by atoms with Gasteiger partial charge in [0.15, 0.2) is 17.3 Å². The maximum atomic E-state index is 12.9. The number of aromatic nitrogens is 3. The van der Waals surface area contributed by atoms with Crippen LogP contribution in [0.15, 0.2) is 57.5 Å². The van der Waals surface area contributed by atoms with Crippen molar-refractivity contribution < 1.29 is 22.1 Å². The summed E-state index contributed by atoms with van der Waals surface area (Å²) in [6, 6.07) is 12.9. The zero-order valence-electron chi connectivity index (χ0n) is 17.2. The van der Waals surface area contributed by atoms with Crippen molar-refractivity contribution in [3.05, 3.63) is 77.3 Å². The summed E-state index contributed by atoms with van der Waals surface area (Å²) in [7, 11) is 0. The molecule has 0 N–H and O–H groups in total. The SMILES string of the molecule is FC(F)(F)c1cccc(Cc2noc(CN3CCCC(c4nc5ccccc5o4)C3)n2)c1. The van der Waals surface area contributed by atoms with Gasteiger partial charge in [0.25, 0.3) is 0 Å². The molecule has 2 aromatic carbocycles. The number of hydrogen-bond acceptors (Lipinski definition) is 6. The van der Waals surface area contributed by atoms with Crippen molar-refractivity contribution in [2.75, 3.05) is 13.1 Å². The smallest absolute Gasteiger partial charge is 0.416 e. The molecule has 1 aliphatic heterocycles. The summed E-state index contributed by atoms with van der Waals surface area (Å²) in [4.78, 5) is 11.2. The Bertz CT molecular complexity index is 1180. The summed E-state index contributed by atoms with van der Waals surface area (Å²) in [5.74, 6) is 1.74. The van der Waals surface area contributed by atoms with Crippen LogP contribution in [0.4, 0.5) is 13.2 Å². The van der Waals surface area contributed by atoms with Gasteiger partial charge in [-0.05, 0) is 43.1 Å². The lowest BCUT2D eigenvalue weighted by molar-refractivity contribution is -0.137. The van der Waals surface area contributed by atoms with Crippen LogP contribution in [-0.4, -0.2) is 33.1 Å². The minimum atomic E-state index is -4.38. The molecule has 5 rings (SSSR count). The summed E-state index contributed by atoms with van der Waals surface area (Å²) in [5, 5.41) is 3.95. The standard InChI is InChI=1S/C23H21F3N4O2/c24-23(25,26)17-7-3-5-15(11-17)12-20-28-21(32-29-20)14-30-10-4-6-16(13-30)22-27-18-8-1-2-9-19(18)31-22/h1-3,5,7-9,11,16H,4,6,10,12-14H2. The molecule has 0 saturated carbocycles. The quantitative estimate of drug-likeness (QED) is 0.423. The number of halogens is 3. The molecule has 0 spiro atoms. The lowest BCUT2D eigenvalue weighted by atomic mass is 9.98. The van der Waals surface area contributed by atoms with Gasteiger partial charge in [0, 0.05) is 18.9 Å². The summed E-state index contributed by atoms with van der Waals surface area (Å²) in [6.45, 7) is 2.13. The van der Waals surface area contributed by atoms with E-state index in [-0.39, 0.29) is 12.3 Å².